The Morgan fingerprint density at radius 2 is 2.03 bits per heavy atom. The lowest BCUT2D eigenvalue weighted by Crippen LogP contribution is -2.42. The normalized spacial score (nSPS) is 15.0. The summed E-state index contributed by atoms with van der Waals surface area (Å²) < 4.78 is 11.3. The van der Waals surface area contributed by atoms with Gasteiger partial charge in [0.25, 0.3) is 0 Å². The second-order valence-corrected chi connectivity index (χ2v) is 7.58. The second-order valence-electron chi connectivity index (χ2n) is 7.58. The topological polar surface area (TPSA) is 75.2 Å². The van der Waals surface area contributed by atoms with E-state index in [0.717, 1.165) is 29.9 Å². The first-order valence-electron chi connectivity index (χ1n) is 10.7. The summed E-state index contributed by atoms with van der Waals surface area (Å²) in [5.41, 5.74) is 2.28. The molecule has 32 heavy (non-hydrogen) atoms. The van der Waals surface area contributed by atoms with Crippen LogP contribution in [0.1, 0.15) is 30.5 Å². The molecule has 3 rings (SSSR count). The molecule has 1 unspecified atom stereocenters. The zero-order valence-corrected chi connectivity index (χ0v) is 21.3. The van der Waals surface area contributed by atoms with E-state index in [9.17, 15) is 4.79 Å². The van der Waals surface area contributed by atoms with Gasteiger partial charge < -0.3 is 25.0 Å². The van der Waals surface area contributed by atoms with Gasteiger partial charge in [0, 0.05) is 32.6 Å². The first kappa shape index (κ1) is 25.8. The molecule has 0 aromatic heterocycles. The maximum absolute atomic E-state index is 12.1. The van der Waals surface area contributed by atoms with Crippen molar-refractivity contribution in [3.05, 3.63) is 59.7 Å². The average Bonchev–Trinajstić information content (AvgIpc) is 2.77. The van der Waals surface area contributed by atoms with Crippen molar-refractivity contribution in [2.75, 3.05) is 40.4 Å². The van der Waals surface area contributed by atoms with Crippen molar-refractivity contribution in [2.24, 2.45) is 4.99 Å². The molecule has 0 saturated carbocycles. The molecule has 0 fully saturated rings. The lowest BCUT2D eigenvalue weighted by Gasteiger charge is -2.28. The number of nitrogens with one attached hydrogen (secondary N) is 2. The van der Waals surface area contributed by atoms with Crippen LogP contribution in [0, 0.1) is 0 Å². The smallest absolute Gasteiger partial charge is 0.243 e. The van der Waals surface area contributed by atoms with Gasteiger partial charge in [-0.25, -0.2) is 4.99 Å². The van der Waals surface area contributed by atoms with Crippen LogP contribution in [0.4, 0.5) is 0 Å². The van der Waals surface area contributed by atoms with Crippen LogP contribution in [0.3, 0.4) is 0 Å². The predicted octanol–water partition coefficient (Wildman–Crippen LogP) is 3.39. The van der Waals surface area contributed by atoms with Crippen LogP contribution >= 0.6 is 24.0 Å². The van der Waals surface area contributed by atoms with Gasteiger partial charge in [-0.15, -0.1) is 24.0 Å². The molecule has 0 saturated heterocycles. The van der Waals surface area contributed by atoms with Crippen molar-refractivity contribution in [1.29, 1.82) is 0 Å². The third-order valence-corrected chi connectivity index (χ3v) is 5.06. The summed E-state index contributed by atoms with van der Waals surface area (Å²) in [7, 11) is 3.47. The number of fused-ring (bicyclic) bond motifs is 1. The van der Waals surface area contributed by atoms with E-state index in [1.165, 1.54) is 5.56 Å². The van der Waals surface area contributed by atoms with E-state index < -0.39 is 0 Å². The Morgan fingerprint density at radius 1 is 1.22 bits per heavy atom. The molecule has 0 bridgehead atoms. The van der Waals surface area contributed by atoms with E-state index in [-0.39, 0.29) is 42.5 Å². The molecule has 2 N–H and O–H groups in total. The van der Waals surface area contributed by atoms with Crippen LogP contribution in [-0.2, 0) is 11.2 Å². The van der Waals surface area contributed by atoms with Gasteiger partial charge in [0.15, 0.2) is 5.96 Å². The number of carbonyl (C=O) groups excluding carboxylic acids is 1. The Balaban J connectivity index is 0.00000363. The molecule has 2 aromatic rings. The molecule has 0 aliphatic carbocycles. The molecule has 7 nitrogen and oxygen atoms in total. The van der Waals surface area contributed by atoms with Gasteiger partial charge >= 0.3 is 0 Å². The van der Waals surface area contributed by atoms with E-state index in [4.69, 9.17) is 9.47 Å². The van der Waals surface area contributed by atoms with E-state index in [1.54, 1.807) is 19.0 Å². The fraction of sp³-hybridized carbons (Fsp3) is 0.417. The zero-order chi connectivity index (χ0) is 22.1. The number of rotatable bonds is 8. The van der Waals surface area contributed by atoms with Crippen LogP contribution in [0.5, 0.6) is 11.5 Å². The second kappa shape index (κ2) is 13.1. The first-order valence-corrected chi connectivity index (χ1v) is 10.7. The number of nitrogens with zero attached hydrogens (tertiary/aromatic N) is 2. The number of benzene rings is 2. The Labute approximate surface area is 207 Å². The maximum atomic E-state index is 12.1. The van der Waals surface area contributed by atoms with E-state index >= 15 is 0 Å². The van der Waals surface area contributed by atoms with Crippen molar-refractivity contribution < 1.29 is 14.3 Å². The summed E-state index contributed by atoms with van der Waals surface area (Å²) in [6, 6.07) is 16.2. The number of amides is 1. The molecule has 1 atom stereocenters. The standard InChI is InChI=1S/C24H32N4O3.HI/c1-4-30-19-9-7-8-18(16-19)12-14-25-24(26-17-23(29)28(2)3)27-21-13-15-31-22-11-6-5-10-20(21)22;/h5-11,16,21H,4,12-15,17H2,1-3H3,(H2,25,26,27);1H. The van der Waals surface area contributed by atoms with Gasteiger partial charge in [-0.05, 0) is 37.1 Å². The number of hydrogen-bond acceptors (Lipinski definition) is 4. The van der Waals surface area contributed by atoms with Crippen LogP contribution in [0.15, 0.2) is 53.5 Å². The van der Waals surface area contributed by atoms with E-state index in [1.807, 2.05) is 37.3 Å². The van der Waals surface area contributed by atoms with E-state index in [0.29, 0.717) is 25.7 Å². The third-order valence-electron chi connectivity index (χ3n) is 5.06. The molecule has 2 aromatic carbocycles. The lowest BCUT2D eigenvalue weighted by atomic mass is 10.0. The number of halogens is 1. The zero-order valence-electron chi connectivity index (χ0n) is 19.0. The first-order chi connectivity index (χ1) is 15.1. The molecule has 8 heteroatoms. The van der Waals surface area contributed by atoms with Crippen molar-refractivity contribution in [3.63, 3.8) is 0 Å². The number of carbonyl (C=O) groups is 1. The molecule has 1 heterocycles. The highest BCUT2D eigenvalue weighted by molar-refractivity contribution is 14.0. The average molecular weight is 552 g/mol. The number of ether oxygens (including phenoxy) is 2. The Hall–Kier alpha value is -2.49. The van der Waals surface area contributed by atoms with Crippen LogP contribution in [0.2, 0.25) is 0 Å². The minimum absolute atomic E-state index is 0. The Kier molecular flexibility index (Phi) is 10.6. The highest BCUT2D eigenvalue weighted by Gasteiger charge is 2.22. The minimum Gasteiger partial charge on any atom is -0.494 e. The SMILES string of the molecule is CCOc1cccc(CCNC(=NCC(=O)N(C)C)NC2CCOc3ccccc32)c1.I. The van der Waals surface area contributed by atoms with Gasteiger partial charge in [-0.3, -0.25) is 4.79 Å². The van der Waals surface area contributed by atoms with E-state index in [2.05, 4.69) is 33.8 Å². The highest BCUT2D eigenvalue weighted by atomic mass is 127. The number of aliphatic imine (C=N–C) groups is 1. The van der Waals surface area contributed by atoms with Crippen LogP contribution in [0.25, 0.3) is 0 Å². The molecule has 1 amide bonds. The molecule has 0 spiro atoms. The van der Waals surface area contributed by atoms with Gasteiger partial charge in [0.05, 0.1) is 19.3 Å². The molecule has 174 valence electrons. The van der Waals surface area contributed by atoms with Crippen molar-refractivity contribution >= 4 is 35.8 Å². The highest BCUT2D eigenvalue weighted by Crippen LogP contribution is 2.31. The summed E-state index contributed by atoms with van der Waals surface area (Å²) in [5, 5.41) is 6.87. The minimum atomic E-state index is -0.0436. The molecule has 1 aliphatic heterocycles. The Morgan fingerprint density at radius 3 is 2.81 bits per heavy atom. The Bertz CT molecular complexity index is 904. The van der Waals surface area contributed by atoms with Gasteiger partial charge in [0.2, 0.25) is 5.91 Å². The predicted molar refractivity (Wildman–Crippen MR) is 138 cm³/mol. The monoisotopic (exact) mass is 552 g/mol. The fourth-order valence-electron chi connectivity index (χ4n) is 3.38. The van der Waals surface area contributed by atoms with Crippen LogP contribution in [-0.4, -0.2) is 57.2 Å². The summed E-state index contributed by atoms with van der Waals surface area (Å²) in [6.07, 6.45) is 1.64. The van der Waals surface area contributed by atoms with Gasteiger partial charge in [0.1, 0.15) is 18.0 Å². The maximum Gasteiger partial charge on any atom is 0.243 e. The quantitative estimate of drug-likeness (QED) is 0.299. The summed E-state index contributed by atoms with van der Waals surface area (Å²) in [4.78, 5) is 18.1. The largest absolute Gasteiger partial charge is 0.494 e. The number of likely N-dealkylation sites (N-methyl/N-ethyl adjacent to an activating group) is 1. The summed E-state index contributed by atoms with van der Waals surface area (Å²) in [5.74, 6) is 2.35. The van der Waals surface area contributed by atoms with Gasteiger partial charge in [-0.2, -0.15) is 0 Å². The molecular weight excluding hydrogens is 519 g/mol. The number of hydrogen-bond donors (Lipinski definition) is 2. The van der Waals surface area contributed by atoms with Crippen molar-refractivity contribution in [1.82, 2.24) is 15.5 Å². The van der Waals surface area contributed by atoms with Crippen molar-refractivity contribution in [2.45, 2.75) is 25.8 Å². The number of guanidine groups is 1. The number of para-hydroxylation sites is 1. The van der Waals surface area contributed by atoms with Crippen LogP contribution < -0.4 is 20.1 Å². The molecule has 0 radical (unpaired) electrons. The van der Waals surface area contributed by atoms with Crippen molar-refractivity contribution in [3.8, 4) is 11.5 Å². The summed E-state index contributed by atoms with van der Waals surface area (Å²) in [6.45, 7) is 4.04. The molecule has 1 aliphatic rings. The van der Waals surface area contributed by atoms with Gasteiger partial charge in [-0.1, -0.05) is 30.3 Å². The summed E-state index contributed by atoms with van der Waals surface area (Å²) >= 11 is 0. The fourth-order valence-corrected chi connectivity index (χ4v) is 3.38. The lowest BCUT2D eigenvalue weighted by molar-refractivity contribution is -0.127. The third kappa shape index (κ3) is 7.58. The molecular formula is C24H33IN4O3.